The van der Waals surface area contributed by atoms with E-state index in [1.54, 1.807) is 0 Å². The second-order valence-corrected chi connectivity index (χ2v) is 19.9. The first-order chi connectivity index (χ1) is 35.4. The van der Waals surface area contributed by atoms with Crippen LogP contribution in [0.2, 0.25) is 0 Å². The molecule has 3 heterocycles. The Balaban J connectivity index is 0.953. The molecule has 0 bridgehead atoms. The van der Waals surface area contributed by atoms with Crippen LogP contribution in [0.5, 0.6) is 0 Å². The summed E-state index contributed by atoms with van der Waals surface area (Å²) >= 11 is 0. The van der Waals surface area contributed by atoms with Crippen LogP contribution in [0.25, 0.3) is 46.1 Å². The third-order valence-electron chi connectivity index (χ3n) is 15.1. The number of anilines is 2. The van der Waals surface area contributed by atoms with Crippen molar-refractivity contribution in [3.05, 3.63) is 260 Å². The van der Waals surface area contributed by atoms with Crippen molar-refractivity contribution in [2.45, 2.75) is 19.3 Å². The maximum atomic E-state index is 17.8. The molecule has 0 amide bonds. The van der Waals surface area contributed by atoms with Gasteiger partial charge >= 0.3 is 6.97 Å². The molecule has 8 aromatic rings. The monoisotopic (exact) mass is 948 g/mol. The summed E-state index contributed by atoms with van der Waals surface area (Å²) in [6, 6.07) is 56.5. The molecule has 7 aromatic carbocycles. The number of hydrogen-bond donors (Lipinski definition) is 0. The van der Waals surface area contributed by atoms with E-state index in [-0.39, 0.29) is 0 Å². The molecule has 12 rings (SSSR count). The zero-order chi connectivity index (χ0) is 50.3. The van der Waals surface area contributed by atoms with Crippen LogP contribution < -0.4 is 9.80 Å². The summed E-state index contributed by atoms with van der Waals surface area (Å²) in [4.78, 5) is 4.07. The maximum absolute atomic E-state index is 17.8. The number of hydrogen-bond acceptors (Lipinski definition) is 2. The smallest absolute Gasteiger partial charge is 0.390 e. The molecule has 1 aromatic heterocycles. The first-order valence-electron chi connectivity index (χ1n) is 24.7. The molecular formula is C66H51BF2N4. The Morgan fingerprint density at radius 2 is 1.07 bits per heavy atom. The zero-order valence-electron chi connectivity index (χ0n) is 41.7. The van der Waals surface area contributed by atoms with Crippen LogP contribution in [0.3, 0.4) is 0 Å². The van der Waals surface area contributed by atoms with Crippen LogP contribution >= 0.6 is 0 Å². The van der Waals surface area contributed by atoms with Gasteiger partial charge in [-0.2, -0.15) is 0 Å². The largest absolute Gasteiger partial charge is 0.737 e. The standard InChI is InChI=1S/C66H51BF2N4/c1-8-45-27-37-57-55-13-9-11-15-59(55)66(61(57)41-45)60-16-12-10-14-56(60)58-38-28-49(42-62(58)66)18-17-46-19-29-50(30-20-46)63-64-43(2)39-53(35-25-47-21-31-51(32-22-47)70(4)5)72(64)67(68,69)73-54(40-44(3)65(63)73)36-26-48-23-33-52(34-24-48)71(6)7/h1,9-16,19-42H,2-7H3/b35-25+,36-26+. The van der Waals surface area contributed by atoms with Gasteiger partial charge in [0.25, 0.3) is 0 Å². The lowest BCUT2D eigenvalue weighted by Crippen LogP contribution is -2.51. The molecule has 2 aliphatic heterocycles. The highest BCUT2D eigenvalue weighted by atomic mass is 19.2. The Kier molecular flexibility index (Phi) is 10.6. The van der Waals surface area contributed by atoms with Crippen molar-refractivity contribution >= 4 is 47.9 Å². The molecular weight excluding hydrogens is 898 g/mol. The molecule has 73 heavy (non-hydrogen) atoms. The van der Waals surface area contributed by atoms with Gasteiger partial charge in [-0.3, -0.25) is 0 Å². The Labute approximate surface area is 427 Å². The molecule has 0 saturated heterocycles. The third-order valence-corrected chi connectivity index (χ3v) is 15.1. The van der Waals surface area contributed by atoms with Crippen LogP contribution in [-0.4, -0.2) is 49.8 Å². The van der Waals surface area contributed by atoms with Crippen molar-refractivity contribution in [1.82, 2.24) is 4.48 Å². The second-order valence-electron chi connectivity index (χ2n) is 19.9. The maximum Gasteiger partial charge on any atom is 0.737 e. The van der Waals surface area contributed by atoms with Crippen LogP contribution in [0.1, 0.15) is 79.5 Å². The van der Waals surface area contributed by atoms with Crippen molar-refractivity contribution in [2.24, 2.45) is 0 Å². The summed E-state index contributed by atoms with van der Waals surface area (Å²) in [5.41, 5.74) is 20.6. The summed E-state index contributed by atoms with van der Waals surface area (Å²) in [6.07, 6.45) is 15.4. The number of allylic oxidation sites excluding steroid dienone is 3. The van der Waals surface area contributed by atoms with Gasteiger partial charge in [-0.25, -0.2) is 0 Å². The second kappa shape index (κ2) is 17.2. The predicted molar refractivity (Wildman–Crippen MR) is 300 cm³/mol. The number of fused-ring (bicyclic) bond motifs is 12. The van der Waals surface area contributed by atoms with E-state index in [9.17, 15) is 0 Å². The summed E-state index contributed by atoms with van der Waals surface area (Å²) in [5.74, 6) is 9.88. The van der Waals surface area contributed by atoms with Crippen LogP contribution in [0.4, 0.5) is 20.0 Å². The SMILES string of the molecule is C#Cc1ccc2c(c1)C1(c3ccccc3-2)c2ccccc2-c2ccc(C#Cc3ccc(C4=C5C(C)=CC(/C=C/c6ccc(N(C)C)cc6)=[N+]5[B-](F)(F)n5c(/C=C/c6ccc(N(C)C)cc6)cc(C)c54)cc3)cc21. The molecule has 0 saturated carbocycles. The first kappa shape index (κ1) is 45.2. The Morgan fingerprint density at radius 1 is 0.562 bits per heavy atom. The molecule has 1 spiro atoms. The molecule has 1 unspecified atom stereocenters. The van der Waals surface area contributed by atoms with Crippen molar-refractivity contribution in [1.29, 1.82) is 0 Å². The highest BCUT2D eigenvalue weighted by Crippen LogP contribution is 2.63. The minimum Gasteiger partial charge on any atom is -0.390 e. The number of terminal acetylenes is 1. The minimum atomic E-state index is -4.35. The predicted octanol–water partition coefficient (Wildman–Crippen LogP) is 13.9. The number of aryl methyl sites for hydroxylation is 1. The van der Waals surface area contributed by atoms with E-state index in [0.29, 0.717) is 22.8 Å². The van der Waals surface area contributed by atoms with Crippen LogP contribution in [0, 0.1) is 31.1 Å². The number of halogens is 2. The third kappa shape index (κ3) is 7.10. The highest BCUT2D eigenvalue weighted by molar-refractivity contribution is 6.58. The van der Waals surface area contributed by atoms with E-state index >= 15 is 8.63 Å². The topological polar surface area (TPSA) is 14.4 Å². The van der Waals surface area contributed by atoms with E-state index in [0.717, 1.165) is 61.5 Å². The lowest BCUT2D eigenvalue weighted by atomic mass is 9.70. The number of aromatic nitrogens is 1. The van der Waals surface area contributed by atoms with E-state index in [4.69, 9.17) is 6.42 Å². The normalized spacial score (nSPS) is 16.4. The summed E-state index contributed by atoms with van der Waals surface area (Å²) < 4.78 is 38.1. The molecule has 7 heteroatoms. The molecule has 4 aliphatic rings. The molecule has 0 fully saturated rings. The van der Waals surface area contributed by atoms with Gasteiger partial charge in [-0.1, -0.05) is 121 Å². The van der Waals surface area contributed by atoms with Gasteiger partial charge in [-0.15, -0.1) is 6.42 Å². The highest BCUT2D eigenvalue weighted by Gasteiger charge is 2.56. The van der Waals surface area contributed by atoms with Gasteiger partial charge in [-0.05, 0) is 159 Å². The fraction of sp³-hybridized carbons (Fsp3) is 0.106. The summed E-state index contributed by atoms with van der Waals surface area (Å²) in [7, 11) is 7.98. The van der Waals surface area contributed by atoms with Crippen molar-refractivity contribution in [2.75, 3.05) is 38.0 Å². The van der Waals surface area contributed by atoms with E-state index in [2.05, 4.69) is 96.6 Å². The average Bonchev–Trinajstić information content (AvgIpc) is 4.12. The fourth-order valence-corrected chi connectivity index (χ4v) is 11.7. The number of benzene rings is 7. The minimum absolute atomic E-state index is 0.431. The van der Waals surface area contributed by atoms with Crippen molar-refractivity contribution < 1.29 is 13.1 Å². The lowest BCUT2D eigenvalue weighted by Gasteiger charge is -2.34. The van der Waals surface area contributed by atoms with E-state index in [1.165, 1.54) is 53.5 Å². The first-order valence-corrected chi connectivity index (χ1v) is 24.7. The van der Waals surface area contributed by atoms with Crippen molar-refractivity contribution in [3.63, 3.8) is 0 Å². The quantitative estimate of drug-likeness (QED) is 0.117. The average molecular weight is 949 g/mol. The van der Waals surface area contributed by atoms with Gasteiger partial charge in [0.2, 0.25) is 0 Å². The van der Waals surface area contributed by atoms with Gasteiger partial charge in [0, 0.05) is 85.4 Å². The van der Waals surface area contributed by atoms with E-state index < -0.39 is 12.4 Å². The Bertz CT molecular complexity index is 3890. The summed E-state index contributed by atoms with van der Waals surface area (Å²) in [5, 5.41) is 0. The molecule has 2 aliphatic carbocycles. The molecule has 0 radical (unpaired) electrons. The fourth-order valence-electron chi connectivity index (χ4n) is 11.7. The summed E-state index contributed by atoms with van der Waals surface area (Å²) in [6.45, 7) is -0.487. The molecule has 0 N–H and O–H groups in total. The van der Waals surface area contributed by atoms with Crippen molar-refractivity contribution in [3.8, 4) is 46.4 Å². The zero-order valence-corrected chi connectivity index (χ0v) is 41.7. The number of nitrogens with zero attached hydrogens (tertiary/aromatic N) is 4. The molecule has 352 valence electrons. The Morgan fingerprint density at radius 3 is 1.64 bits per heavy atom. The van der Waals surface area contributed by atoms with E-state index in [1.807, 2.05) is 167 Å². The van der Waals surface area contributed by atoms with Gasteiger partial charge in [0.1, 0.15) is 0 Å². The van der Waals surface area contributed by atoms with Gasteiger partial charge in [0.15, 0.2) is 11.4 Å². The number of rotatable bonds is 7. The molecule has 4 nitrogen and oxygen atoms in total. The van der Waals surface area contributed by atoms with Crippen LogP contribution in [0.15, 0.2) is 187 Å². The molecule has 1 atom stereocenters. The van der Waals surface area contributed by atoms with Gasteiger partial charge in [0.05, 0.1) is 11.0 Å². The van der Waals surface area contributed by atoms with Gasteiger partial charge < -0.3 is 27.4 Å². The van der Waals surface area contributed by atoms with Crippen LogP contribution in [-0.2, 0) is 5.41 Å². The Hall–Kier alpha value is -8.91. The lowest BCUT2D eigenvalue weighted by molar-refractivity contribution is -0.362.